The summed E-state index contributed by atoms with van der Waals surface area (Å²) in [5, 5.41) is 5.95. The first kappa shape index (κ1) is 18.7. The number of carbonyl (C=O) groups is 2. The molecule has 1 unspecified atom stereocenters. The fourth-order valence-corrected chi connectivity index (χ4v) is 3.43. The van der Waals surface area contributed by atoms with Crippen LogP contribution in [0.3, 0.4) is 0 Å². The maximum atomic E-state index is 12.5. The van der Waals surface area contributed by atoms with Crippen LogP contribution in [0.15, 0.2) is 24.3 Å². The van der Waals surface area contributed by atoms with Gasteiger partial charge in [0.1, 0.15) is 5.84 Å². The Bertz CT molecular complexity index is 791. The Morgan fingerprint density at radius 3 is 2.40 bits per heavy atom. The number of amides is 2. The van der Waals surface area contributed by atoms with Crippen LogP contribution in [0.25, 0.3) is 0 Å². The van der Waals surface area contributed by atoms with E-state index < -0.39 is 27.1 Å². The second kappa shape index (κ2) is 7.09. The summed E-state index contributed by atoms with van der Waals surface area (Å²) in [5.41, 5.74) is 6.54. The van der Waals surface area contributed by atoms with Crippen LogP contribution in [-0.2, 0) is 19.4 Å². The summed E-state index contributed by atoms with van der Waals surface area (Å²) in [6, 6.07) is 6.18. The average Bonchev–Trinajstić information content (AvgIpc) is 2.91. The van der Waals surface area contributed by atoms with Crippen molar-refractivity contribution in [1.29, 1.82) is 5.41 Å². The van der Waals surface area contributed by atoms with Gasteiger partial charge in [-0.05, 0) is 24.3 Å². The first-order chi connectivity index (χ1) is 11.6. The molecule has 0 radical (unpaired) electrons. The second-order valence-electron chi connectivity index (χ2n) is 5.68. The normalized spacial score (nSPS) is 16.0. The first-order valence-electron chi connectivity index (χ1n) is 7.42. The molecule has 2 rings (SSSR count). The minimum Gasteiger partial charge on any atom is -0.468 e. The second-order valence-corrected chi connectivity index (χ2v) is 7.91. The number of benzene rings is 1. The molecule has 1 aliphatic heterocycles. The van der Waals surface area contributed by atoms with E-state index in [2.05, 4.69) is 4.74 Å². The van der Waals surface area contributed by atoms with Gasteiger partial charge in [0.15, 0.2) is 15.1 Å². The van der Waals surface area contributed by atoms with E-state index in [1.807, 2.05) is 0 Å². The Hall–Kier alpha value is -2.62. The highest BCUT2D eigenvalue weighted by Crippen LogP contribution is 2.21. The van der Waals surface area contributed by atoms with Crippen molar-refractivity contribution in [2.75, 3.05) is 37.9 Å². The molecule has 1 aliphatic rings. The van der Waals surface area contributed by atoms with Gasteiger partial charge in [0.25, 0.3) is 0 Å². The SMILES string of the molecule is COC(=O)C(CN1CCN(c2ccc(C(=N)N)cc2)C1=O)S(C)(=O)=O. The number of rotatable bonds is 6. The van der Waals surface area contributed by atoms with Gasteiger partial charge in [0.05, 0.1) is 13.7 Å². The van der Waals surface area contributed by atoms with E-state index in [-0.39, 0.29) is 18.9 Å². The topological polar surface area (TPSA) is 134 Å². The van der Waals surface area contributed by atoms with Crippen molar-refractivity contribution in [3.8, 4) is 0 Å². The number of esters is 1. The number of nitrogens with two attached hydrogens (primary N) is 1. The van der Waals surface area contributed by atoms with Crippen LogP contribution in [-0.4, -0.2) is 69.4 Å². The van der Waals surface area contributed by atoms with Crippen LogP contribution in [0, 0.1) is 5.41 Å². The number of sulfone groups is 1. The van der Waals surface area contributed by atoms with Crippen molar-refractivity contribution < 1.29 is 22.7 Å². The Morgan fingerprint density at radius 2 is 1.92 bits per heavy atom. The molecular weight excluding hydrogens is 348 g/mol. The molecule has 1 aromatic carbocycles. The monoisotopic (exact) mass is 368 g/mol. The van der Waals surface area contributed by atoms with Crippen molar-refractivity contribution in [2.24, 2.45) is 5.73 Å². The van der Waals surface area contributed by atoms with Gasteiger partial charge in [-0.15, -0.1) is 0 Å². The number of ether oxygens (including phenoxy) is 1. The van der Waals surface area contributed by atoms with E-state index in [4.69, 9.17) is 11.1 Å². The highest BCUT2D eigenvalue weighted by atomic mass is 32.2. The molecule has 0 saturated carbocycles. The van der Waals surface area contributed by atoms with Crippen LogP contribution < -0.4 is 10.6 Å². The zero-order chi connectivity index (χ0) is 18.8. The molecule has 0 aliphatic carbocycles. The van der Waals surface area contributed by atoms with Crippen molar-refractivity contribution >= 4 is 33.4 Å². The summed E-state index contributed by atoms with van der Waals surface area (Å²) in [7, 11) is -2.60. The molecule has 1 aromatic rings. The molecule has 1 heterocycles. The molecule has 136 valence electrons. The molecular formula is C15H20N4O5S. The molecule has 1 atom stereocenters. The number of nitrogens with zero attached hydrogens (tertiary/aromatic N) is 2. The van der Waals surface area contributed by atoms with E-state index in [0.717, 1.165) is 13.4 Å². The van der Waals surface area contributed by atoms with Crippen LogP contribution in [0.1, 0.15) is 5.56 Å². The summed E-state index contributed by atoms with van der Waals surface area (Å²) in [5.74, 6) is -0.963. The molecule has 3 N–H and O–H groups in total. The van der Waals surface area contributed by atoms with Gasteiger partial charge in [-0.25, -0.2) is 13.2 Å². The largest absolute Gasteiger partial charge is 0.468 e. The van der Waals surface area contributed by atoms with E-state index in [1.165, 1.54) is 9.80 Å². The van der Waals surface area contributed by atoms with Gasteiger partial charge >= 0.3 is 12.0 Å². The van der Waals surface area contributed by atoms with E-state index in [0.29, 0.717) is 17.8 Å². The number of carbonyl (C=O) groups excluding carboxylic acids is 2. The fraction of sp³-hybridized carbons (Fsp3) is 0.400. The van der Waals surface area contributed by atoms with Crippen LogP contribution in [0.5, 0.6) is 0 Å². The average molecular weight is 368 g/mol. The van der Waals surface area contributed by atoms with Crippen molar-refractivity contribution in [3.05, 3.63) is 29.8 Å². The lowest BCUT2D eigenvalue weighted by Gasteiger charge is -2.22. The smallest absolute Gasteiger partial charge is 0.325 e. The first-order valence-corrected chi connectivity index (χ1v) is 9.38. The zero-order valence-electron chi connectivity index (χ0n) is 13.9. The van der Waals surface area contributed by atoms with Crippen LogP contribution in [0.2, 0.25) is 0 Å². The van der Waals surface area contributed by atoms with Crippen LogP contribution in [0.4, 0.5) is 10.5 Å². The minimum atomic E-state index is -3.71. The summed E-state index contributed by atoms with van der Waals surface area (Å²) >= 11 is 0. The molecule has 0 spiro atoms. The molecule has 25 heavy (non-hydrogen) atoms. The standard InChI is InChI=1S/C15H20N4O5S/c1-24-14(20)12(25(2,22)23)9-18-7-8-19(15(18)21)11-5-3-10(4-6-11)13(16)17/h3-6,12H,7-9H2,1-2H3,(H3,16,17). The van der Waals surface area contributed by atoms with Gasteiger partial charge in [0, 0.05) is 30.6 Å². The number of methoxy groups -OCH3 is 1. The maximum Gasteiger partial charge on any atom is 0.325 e. The van der Waals surface area contributed by atoms with Gasteiger partial charge < -0.3 is 15.4 Å². The molecule has 2 amide bonds. The lowest BCUT2D eigenvalue weighted by molar-refractivity contribution is -0.140. The summed E-state index contributed by atoms with van der Waals surface area (Å²) in [4.78, 5) is 27.0. The number of hydrogen-bond acceptors (Lipinski definition) is 6. The summed E-state index contributed by atoms with van der Waals surface area (Å²) in [6.45, 7) is 0.387. The van der Waals surface area contributed by atoms with E-state index in [1.54, 1.807) is 24.3 Å². The zero-order valence-corrected chi connectivity index (χ0v) is 14.7. The highest BCUT2D eigenvalue weighted by Gasteiger charge is 2.37. The lowest BCUT2D eigenvalue weighted by Crippen LogP contribution is -2.44. The summed E-state index contributed by atoms with van der Waals surface area (Å²) < 4.78 is 28.1. The molecule has 1 saturated heterocycles. The molecule has 0 bridgehead atoms. The van der Waals surface area contributed by atoms with Crippen molar-refractivity contribution in [2.45, 2.75) is 5.25 Å². The Balaban J connectivity index is 2.15. The Morgan fingerprint density at radius 1 is 1.32 bits per heavy atom. The van der Waals surface area contributed by atoms with Gasteiger partial charge in [-0.3, -0.25) is 15.1 Å². The third kappa shape index (κ3) is 4.08. The van der Waals surface area contributed by atoms with Gasteiger partial charge in [0.2, 0.25) is 0 Å². The van der Waals surface area contributed by atoms with Crippen LogP contribution >= 0.6 is 0 Å². The Labute approximate surface area is 145 Å². The maximum absolute atomic E-state index is 12.5. The number of hydrogen-bond donors (Lipinski definition) is 2. The molecule has 0 aromatic heterocycles. The highest BCUT2D eigenvalue weighted by molar-refractivity contribution is 7.92. The van der Waals surface area contributed by atoms with Gasteiger partial charge in [-0.2, -0.15) is 0 Å². The van der Waals surface area contributed by atoms with E-state index in [9.17, 15) is 18.0 Å². The number of amidine groups is 1. The predicted molar refractivity (Wildman–Crippen MR) is 92.4 cm³/mol. The number of anilines is 1. The molecule has 10 heteroatoms. The fourth-order valence-electron chi connectivity index (χ4n) is 2.53. The molecule has 9 nitrogen and oxygen atoms in total. The Kier molecular flexibility index (Phi) is 5.31. The number of nitrogens with one attached hydrogen (secondary N) is 1. The third-order valence-electron chi connectivity index (χ3n) is 3.95. The number of nitrogen functional groups attached to an aromatic ring is 1. The van der Waals surface area contributed by atoms with Gasteiger partial charge in [-0.1, -0.05) is 0 Å². The molecule has 1 fully saturated rings. The van der Waals surface area contributed by atoms with Crippen molar-refractivity contribution in [1.82, 2.24) is 4.90 Å². The minimum absolute atomic E-state index is 0.0741. The number of urea groups is 1. The predicted octanol–water partition coefficient (Wildman–Crippen LogP) is -0.201. The quantitative estimate of drug-likeness (QED) is 0.406. The lowest BCUT2D eigenvalue weighted by atomic mass is 10.2. The van der Waals surface area contributed by atoms with Crippen molar-refractivity contribution in [3.63, 3.8) is 0 Å². The summed E-state index contributed by atoms with van der Waals surface area (Å²) in [6.07, 6.45) is 0.938. The third-order valence-corrected chi connectivity index (χ3v) is 5.33. The van der Waals surface area contributed by atoms with E-state index >= 15 is 0 Å².